The van der Waals surface area contributed by atoms with Crippen molar-refractivity contribution in [1.29, 1.82) is 0 Å². The number of nitrogens with one attached hydrogen (secondary N) is 2. The third-order valence-corrected chi connectivity index (χ3v) is 6.31. The van der Waals surface area contributed by atoms with Crippen LogP contribution in [0.5, 0.6) is 23.0 Å². The van der Waals surface area contributed by atoms with Gasteiger partial charge in [-0.2, -0.15) is 4.98 Å². The summed E-state index contributed by atoms with van der Waals surface area (Å²) >= 11 is 0. The van der Waals surface area contributed by atoms with E-state index in [4.69, 9.17) is 18.9 Å². The van der Waals surface area contributed by atoms with Gasteiger partial charge in [0.1, 0.15) is 17.5 Å². The Labute approximate surface area is 193 Å². The topological polar surface area (TPSA) is 107 Å². The van der Waals surface area contributed by atoms with E-state index in [1.165, 1.54) is 0 Å². The Hall–Kier alpha value is -3.43. The van der Waals surface area contributed by atoms with E-state index in [0.717, 1.165) is 24.4 Å². The number of likely N-dealkylation sites (N-methyl/N-ethyl adjacent to an activating group) is 1. The number of aryl methyl sites for hydroxylation is 1. The smallest absolute Gasteiger partial charge is 0.246 e. The van der Waals surface area contributed by atoms with Crippen LogP contribution in [-0.4, -0.2) is 62.9 Å². The number of hydrogen-bond donors (Lipinski definition) is 2. The Kier molecular flexibility index (Phi) is 6.35. The number of rotatable bonds is 8. The molecule has 178 valence electrons. The highest BCUT2D eigenvalue weighted by molar-refractivity contribution is 6.03. The number of hydrogen-bond acceptors (Lipinski definition) is 9. The van der Waals surface area contributed by atoms with E-state index in [9.17, 15) is 4.79 Å². The molecule has 0 unspecified atom stereocenters. The summed E-state index contributed by atoms with van der Waals surface area (Å²) in [4.78, 5) is 23.2. The first-order valence-electron chi connectivity index (χ1n) is 11.0. The molecule has 1 aromatic carbocycles. The molecule has 2 N–H and O–H groups in total. The van der Waals surface area contributed by atoms with Crippen LogP contribution in [-0.2, 0) is 4.79 Å². The number of benzene rings is 1. The molecule has 1 atom stereocenters. The third-order valence-electron chi connectivity index (χ3n) is 6.31. The fourth-order valence-electron chi connectivity index (χ4n) is 4.14. The molecule has 1 amide bonds. The molecule has 1 fully saturated rings. The largest absolute Gasteiger partial charge is 0.493 e. The standard InChI is InChI=1S/C23H31N5O5/c1-12-19-21(28(3)13(2)22(29)26-19)27-23(24-12)25-15-7-14(8-15)11-33-16-9-17(30-4)20(32-6)18(10-16)31-5/h9-10,13-15H,7-8,11H2,1-6H3,(H,26,29)(H,24,25,27)/t13-,14?,15?/m0/s1. The summed E-state index contributed by atoms with van der Waals surface area (Å²) in [5.41, 5.74) is 1.42. The van der Waals surface area contributed by atoms with E-state index >= 15 is 0 Å². The number of carbonyl (C=O) groups is 1. The molecule has 2 aromatic rings. The Morgan fingerprint density at radius 2 is 1.79 bits per heavy atom. The Morgan fingerprint density at radius 1 is 1.12 bits per heavy atom. The van der Waals surface area contributed by atoms with Gasteiger partial charge in [0.15, 0.2) is 17.3 Å². The predicted molar refractivity (Wildman–Crippen MR) is 125 cm³/mol. The van der Waals surface area contributed by atoms with Crippen LogP contribution in [0, 0.1) is 12.8 Å². The molecule has 0 radical (unpaired) electrons. The van der Waals surface area contributed by atoms with E-state index < -0.39 is 0 Å². The highest BCUT2D eigenvalue weighted by Crippen LogP contribution is 2.41. The van der Waals surface area contributed by atoms with Gasteiger partial charge in [0.05, 0.1) is 33.6 Å². The van der Waals surface area contributed by atoms with Gasteiger partial charge in [0.25, 0.3) is 0 Å². The van der Waals surface area contributed by atoms with Gasteiger partial charge in [0.2, 0.25) is 17.6 Å². The first-order valence-corrected chi connectivity index (χ1v) is 11.0. The summed E-state index contributed by atoms with van der Waals surface area (Å²) in [6.07, 6.45) is 1.90. The minimum absolute atomic E-state index is 0.0497. The second-order valence-electron chi connectivity index (χ2n) is 8.46. The van der Waals surface area contributed by atoms with Crippen LogP contribution in [0.2, 0.25) is 0 Å². The predicted octanol–water partition coefficient (Wildman–Crippen LogP) is 2.86. The van der Waals surface area contributed by atoms with E-state index in [0.29, 0.717) is 47.2 Å². The lowest BCUT2D eigenvalue weighted by Gasteiger charge is -2.36. The van der Waals surface area contributed by atoms with Crippen molar-refractivity contribution in [2.45, 2.75) is 38.8 Å². The second-order valence-corrected chi connectivity index (χ2v) is 8.46. The maximum absolute atomic E-state index is 12.1. The fourth-order valence-corrected chi connectivity index (χ4v) is 4.14. The van der Waals surface area contributed by atoms with Crippen molar-refractivity contribution in [2.24, 2.45) is 5.92 Å². The molecule has 2 aliphatic rings. The molecule has 10 nitrogen and oxygen atoms in total. The normalized spacial score (nSPS) is 21.5. The third kappa shape index (κ3) is 4.42. The number of aromatic nitrogens is 2. The number of amides is 1. The van der Waals surface area contributed by atoms with Gasteiger partial charge in [-0.1, -0.05) is 0 Å². The average Bonchev–Trinajstić information content (AvgIpc) is 2.78. The van der Waals surface area contributed by atoms with Crippen LogP contribution in [0.1, 0.15) is 25.5 Å². The Bertz CT molecular complexity index is 1020. The molecule has 2 heterocycles. The highest BCUT2D eigenvalue weighted by atomic mass is 16.5. The van der Waals surface area contributed by atoms with Gasteiger partial charge in [0, 0.05) is 25.2 Å². The molecular formula is C23H31N5O5. The summed E-state index contributed by atoms with van der Waals surface area (Å²) in [5, 5.41) is 6.33. The maximum Gasteiger partial charge on any atom is 0.246 e. The van der Waals surface area contributed by atoms with Crippen molar-refractivity contribution in [2.75, 3.05) is 50.5 Å². The first kappa shape index (κ1) is 22.8. The van der Waals surface area contributed by atoms with Crippen LogP contribution in [0.15, 0.2) is 12.1 Å². The van der Waals surface area contributed by atoms with Gasteiger partial charge < -0.3 is 34.5 Å². The minimum atomic E-state index is -0.278. The zero-order chi connectivity index (χ0) is 23.7. The number of ether oxygens (including phenoxy) is 4. The Morgan fingerprint density at radius 3 is 2.39 bits per heavy atom. The first-order chi connectivity index (χ1) is 15.8. The maximum atomic E-state index is 12.1. The summed E-state index contributed by atoms with van der Waals surface area (Å²) in [6, 6.07) is 3.60. The van der Waals surface area contributed by atoms with Crippen LogP contribution in [0.4, 0.5) is 17.5 Å². The van der Waals surface area contributed by atoms with Gasteiger partial charge in [-0.05, 0) is 32.6 Å². The van der Waals surface area contributed by atoms with Crippen molar-refractivity contribution in [3.63, 3.8) is 0 Å². The lowest BCUT2D eigenvalue weighted by atomic mass is 9.81. The van der Waals surface area contributed by atoms with E-state index in [1.807, 2.05) is 25.8 Å². The van der Waals surface area contributed by atoms with Crippen molar-refractivity contribution in [3.8, 4) is 23.0 Å². The summed E-state index contributed by atoms with van der Waals surface area (Å²) in [7, 11) is 6.61. The zero-order valence-electron chi connectivity index (χ0n) is 19.9. The lowest BCUT2D eigenvalue weighted by molar-refractivity contribution is -0.117. The van der Waals surface area contributed by atoms with Crippen molar-refractivity contribution in [3.05, 3.63) is 17.8 Å². The molecule has 1 aliphatic heterocycles. The number of nitrogens with zero attached hydrogens (tertiary/aromatic N) is 3. The zero-order valence-corrected chi connectivity index (χ0v) is 19.9. The van der Waals surface area contributed by atoms with Gasteiger partial charge in [-0.25, -0.2) is 4.98 Å². The van der Waals surface area contributed by atoms with E-state index in [1.54, 1.807) is 33.5 Å². The number of anilines is 3. The van der Waals surface area contributed by atoms with Gasteiger partial charge in [-0.15, -0.1) is 0 Å². The summed E-state index contributed by atoms with van der Waals surface area (Å²) < 4.78 is 22.1. The molecule has 0 bridgehead atoms. The quantitative estimate of drug-likeness (QED) is 0.619. The molecule has 1 aromatic heterocycles. The molecule has 4 rings (SSSR count). The lowest BCUT2D eigenvalue weighted by Crippen LogP contribution is -2.45. The SMILES string of the molecule is COc1cc(OCC2CC(Nc3nc(C)c4c(n3)N(C)[C@@H](C)C(=O)N4)C2)cc(OC)c1OC. The minimum Gasteiger partial charge on any atom is -0.493 e. The van der Waals surface area contributed by atoms with Crippen LogP contribution >= 0.6 is 0 Å². The molecular weight excluding hydrogens is 426 g/mol. The fraction of sp³-hybridized carbons (Fsp3) is 0.522. The van der Waals surface area contributed by atoms with Crippen molar-refractivity contribution >= 4 is 23.4 Å². The molecule has 10 heteroatoms. The van der Waals surface area contributed by atoms with E-state index in [2.05, 4.69) is 20.6 Å². The van der Waals surface area contributed by atoms with Crippen LogP contribution in [0.3, 0.4) is 0 Å². The monoisotopic (exact) mass is 457 g/mol. The summed E-state index contributed by atoms with van der Waals surface area (Å²) in [6.45, 7) is 4.32. The average molecular weight is 458 g/mol. The van der Waals surface area contributed by atoms with Gasteiger partial charge >= 0.3 is 0 Å². The highest BCUT2D eigenvalue weighted by Gasteiger charge is 2.33. The molecule has 1 aliphatic carbocycles. The van der Waals surface area contributed by atoms with Crippen molar-refractivity contribution in [1.82, 2.24) is 9.97 Å². The molecule has 1 saturated carbocycles. The van der Waals surface area contributed by atoms with Gasteiger partial charge in [-0.3, -0.25) is 4.79 Å². The number of fused-ring (bicyclic) bond motifs is 1. The van der Waals surface area contributed by atoms with E-state index in [-0.39, 0.29) is 18.0 Å². The van der Waals surface area contributed by atoms with Crippen LogP contribution < -0.4 is 34.5 Å². The number of carbonyl (C=O) groups excluding carboxylic acids is 1. The summed E-state index contributed by atoms with van der Waals surface area (Å²) in [5.74, 6) is 4.03. The Balaban J connectivity index is 1.34. The number of methoxy groups -OCH3 is 3. The second kappa shape index (κ2) is 9.21. The van der Waals surface area contributed by atoms with Crippen molar-refractivity contribution < 1.29 is 23.7 Å². The molecule has 0 saturated heterocycles. The molecule has 33 heavy (non-hydrogen) atoms. The van der Waals surface area contributed by atoms with Crippen LogP contribution in [0.25, 0.3) is 0 Å². The molecule has 0 spiro atoms.